The van der Waals surface area contributed by atoms with Crippen LogP contribution in [0.15, 0.2) is 24.8 Å². The zero-order valence-corrected chi connectivity index (χ0v) is 7.23. The van der Waals surface area contributed by atoms with E-state index in [2.05, 4.69) is 17.3 Å². The lowest BCUT2D eigenvalue weighted by Gasteiger charge is -2.06. The fraction of sp³-hybridized carbons (Fsp3) is 0. The Kier molecular flexibility index (Phi) is 2.73. The zero-order chi connectivity index (χ0) is 10.7. The second kappa shape index (κ2) is 3.80. The van der Waals surface area contributed by atoms with E-state index in [1.54, 1.807) is 0 Å². The number of nitrogens with two attached hydrogens (primary N) is 1. The molecule has 0 radical (unpaired) electrons. The number of benzene rings is 1. The number of phenols is 2. The van der Waals surface area contributed by atoms with E-state index in [9.17, 15) is 9.90 Å². The third-order valence-electron chi connectivity index (χ3n) is 1.69. The molecule has 14 heavy (non-hydrogen) atoms. The smallest absolute Gasteiger partial charge is 0.356 e. The lowest BCUT2D eigenvalue weighted by atomic mass is 10.1. The van der Waals surface area contributed by atoms with Crippen molar-refractivity contribution in [1.82, 2.24) is 0 Å². The molecule has 0 amide bonds. The van der Waals surface area contributed by atoms with Gasteiger partial charge >= 0.3 is 5.97 Å². The molecule has 0 fully saturated rings. The molecule has 0 saturated heterocycles. The van der Waals surface area contributed by atoms with Crippen molar-refractivity contribution in [2.24, 2.45) is 5.90 Å². The third-order valence-corrected chi connectivity index (χ3v) is 1.69. The quantitative estimate of drug-likeness (QED) is 0.363. The van der Waals surface area contributed by atoms with Gasteiger partial charge in [0.1, 0.15) is 0 Å². The molecule has 0 heterocycles. The Hall–Kier alpha value is -2.01. The highest BCUT2D eigenvalue weighted by Gasteiger charge is 2.15. The molecule has 0 atom stereocenters. The number of rotatable bonds is 2. The Morgan fingerprint density at radius 3 is 2.64 bits per heavy atom. The van der Waals surface area contributed by atoms with Crippen molar-refractivity contribution in [2.45, 2.75) is 0 Å². The van der Waals surface area contributed by atoms with Gasteiger partial charge in [0, 0.05) is 5.56 Å². The number of hydrogen-bond donors (Lipinski definition) is 3. The molecule has 1 aromatic carbocycles. The second-order valence-corrected chi connectivity index (χ2v) is 2.56. The van der Waals surface area contributed by atoms with Crippen LogP contribution in [-0.2, 0) is 9.63 Å². The summed E-state index contributed by atoms with van der Waals surface area (Å²) in [6.45, 7) is 3.37. The van der Waals surface area contributed by atoms with Crippen LogP contribution in [-0.4, -0.2) is 16.2 Å². The van der Waals surface area contributed by atoms with Gasteiger partial charge in [-0.1, -0.05) is 18.7 Å². The topological polar surface area (TPSA) is 92.8 Å². The van der Waals surface area contributed by atoms with Gasteiger partial charge in [-0.05, 0) is 6.07 Å². The predicted octanol–water partition coefficient (Wildman–Crippen LogP) is 0.528. The van der Waals surface area contributed by atoms with Gasteiger partial charge in [-0.15, -0.1) is 0 Å². The first-order chi connectivity index (χ1) is 6.57. The lowest BCUT2D eigenvalue weighted by molar-refractivity contribution is -0.137. The molecule has 5 nitrogen and oxygen atoms in total. The van der Waals surface area contributed by atoms with E-state index in [0.717, 1.165) is 0 Å². The summed E-state index contributed by atoms with van der Waals surface area (Å²) in [5.74, 6) is 3.01. The summed E-state index contributed by atoms with van der Waals surface area (Å²) < 4.78 is 0. The number of hydrogen-bond acceptors (Lipinski definition) is 5. The van der Waals surface area contributed by atoms with E-state index >= 15 is 0 Å². The van der Waals surface area contributed by atoms with E-state index < -0.39 is 11.7 Å². The van der Waals surface area contributed by atoms with Crippen LogP contribution < -0.4 is 5.90 Å². The van der Waals surface area contributed by atoms with Crippen LogP contribution in [0, 0.1) is 0 Å². The molecule has 74 valence electrons. The van der Waals surface area contributed by atoms with Crippen LogP contribution >= 0.6 is 0 Å². The molecular weight excluding hydrogens is 186 g/mol. The van der Waals surface area contributed by atoms with Gasteiger partial charge in [0.2, 0.25) is 0 Å². The molecule has 4 N–H and O–H groups in total. The van der Waals surface area contributed by atoms with Gasteiger partial charge in [0.05, 0.1) is 5.57 Å². The maximum atomic E-state index is 10.9. The normalized spacial score (nSPS) is 9.50. The molecule has 0 bridgehead atoms. The van der Waals surface area contributed by atoms with Gasteiger partial charge in [0.15, 0.2) is 11.5 Å². The Labute approximate surface area is 80.0 Å². The zero-order valence-electron chi connectivity index (χ0n) is 7.23. The van der Waals surface area contributed by atoms with Gasteiger partial charge in [0.25, 0.3) is 0 Å². The van der Waals surface area contributed by atoms with Crippen LogP contribution in [0.1, 0.15) is 5.56 Å². The Morgan fingerprint density at radius 2 is 2.07 bits per heavy atom. The maximum Gasteiger partial charge on any atom is 0.356 e. The molecular formula is C9H9NO4. The third kappa shape index (κ3) is 1.67. The fourth-order valence-electron chi connectivity index (χ4n) is 0.956. The van der Waals surface area contributed by atoms with E-state index in [4.69, 9.17) is 5.11 Å². The van der Waals surface area contributed by atoms with Crippen molar-refractivity contribution in [3.05, 3.63) is 30.3 Å². The van der Waals surface area contributed by atoms with E-state index in [1.807, 2.05) is 0 Å². The number of carbonyl (C=O) groups is 1. The molecule has 0 aliphatic carbocycles. The van der Waals surface area contributed by atoms with Crippen molar-refractivity contribution >= 4 is 11.5 Å². The molecule has 0 unspecified atom stereocenters. The molecule has 0 spiro atoms. The van der Waals surface area contributed by atoms with Crippen LogP contribution in [0.4, 0.5) is 0 Å². The summed E-state index contributed by atoms with van der Waals surface area (Å²) in [5.41, 5.74) is -0.0404. The van der Waals surface area contributed by atoms with Crippen LogP contribution in [0.25, 0.3) is 5.57 Å². The SMILES string of the molecule is C=C(C(=O)ON)c1cccc(O)c1O. The molecule has 0 saturated carbocycles. The Morgan fingerprint density at radius 1 is 1.43 bits per heavy atom. The highest BCUT2D eigenvalue weighted by molar-refractivity contribution is 6.16. The van der Waals surface area contributed by atoms with Crippen molar-refractivity contribution < 1.29 is 19.8 Å². The van der Waals surface area contributed by atoms with Crippen LogP contribution in [0.2, 0.25) is 0 Å². The molecule has 0 aliphatic heterocycles. The summed E-state index contributed by atoms with van der Waals surface area (Å²) in [6, 6.07) is 4.15. The molecule has 0 aromatic heterocycles. The van der Waals surface area contributed by atoms with Crippen LogP contribution in [0.5, 0.6) is 11.5 Å². The summed E-state index contributed by atoms with van der Waals surface area (Å²) in [6.07, 6.45) is 0. The van der Waals surface area contributed by atoms with Gasteiger partial charge < -0.3 is 15.1 Å². The summed E-state index contributed by atoms with van der Waals surface area (Å²) >= 11 is 0. The fourth-order valence-corrected chi connectivity index (χ4v) is 0.956. The average Bonchev–Trinajstić information content (AvgIpc) is 2.20. The highest BCUT2D eigenvalue weighted by atomic mass is 16.7. The van der Waals surface area contributed by atoms with Crippen LogP contribution in [0.3, 0.4) is 0 Å². The van der Waals surface area contributed by atoms with E-state index in [0.29, 0.717) is 0 Å². The van der Waals surface area contributed by atoms with Crippen molar-refractivity contribution in [1.29, 1.82) is 0 Å². The summed E-state index contributed by atoms with van der Waals surface area (Å²) in [4.78, 5) is 14.9. The van der Waals surface area contributed by atoms with Gasteiger partial charge in [-0.2, -0.15) is 5.90 Å². The Bertz CT molecular complexity index is 386. The molecule has 1 rings (SSSR count). The number of para-hydroxylation sites is 1. The van der Waals surface area contributed by atoms with E-state index in [-0.39, 0.29) is 16.9 Å². The highest BCUT2D eigenvalue weighted by Crippen LogP contribution is 2.32. The predicted molar refractivity (Wildman–Crippen MR) is 49.1 cm³/mol. The van der Waals surface area contributed by atoms with Gasteiger partial charge in [-0.3, -0.25) is 0 Å². The molecule has 5 heteroatoms. The summed E-state index contributed by atoms with van der Waals surface area (Å²) in [7, 11) is 0. The maximum absolute atomic E-state index is 10.9. The minimum absolute atomic E-state index is 0.0838. The van der Waals surface area contributed by atoms with Crippen molar-refractivity contribution in [3.8, 4) is 11.5 Å². The minimum atomic E-state index is -0.870. The van der Waals surface area contributed by atoms with E-state index in [1.165, 1.54) is 18.2 Å². The molecule has 0 aliphatic rings. The number of carbonyl (C=O) groups excluding carboxylic acids is 1. The van der Waals surface area contributed by atoms with Crippen molar-refractivity contribution in [3.63, 3.8) is 0 Å². The largest absolute Gasteiger partial charge is 0.504 e. The monoisotopic (exact) mass is 195 g/mol. The molecule has 1 aromatic rings. The lowest BCUT2D eigenvalue weighted by Crippen LogP contribution is -2.11. The average molecular weight is 195 g/mol. The Balaban J connectivity index is 3.14. The minimum Gasteiger partial charge on any atom is -0.504 e. The first-order valence-electron chi connectivity index (χ1n) is 3.69. The second-order valence-electron chi connectivity index (χ2n) is 2.56. The first-order valence-corrected chi connectivity index (χ1v) is 3.69. The number of aromatic hydroxyl groups is 2. The number of phenolic OH excluding ortho intramolecular Hbond substituents is 2. The first kappa shape index (κ1) is 10.1. The standard InChI is InChI=1S/C9H9NO4/c1-5(9(13)14-10)6-3-2-4-7(11)8(6)12/h2-4,11-12H,1,10H2. The van der Waals surface area contributed by atoms with Gasteiger partial charge in [-0.25, -0.2) is 4.79 Å². The van der Waals surface area contributed by atoms with Crippen molar-refractivity contribution in [2.75, 3.05) is 0 Å². The summed E-state index contributed by atoms with van der Waals surface area (Å²) in [5, 5.41) is 18.5.